The number of hydrogen-bond acceptors (Lipinski definition) is 3. The van der Waals surface area contributed by atoms with Gasteiger partial charge in [0, 0.05) is 19.6 Å². The first-order valence-electron chi connectivity index (χ1n) is 7.66. The van der Waals surface area contributed by atoms with Gasteiger partial charge in [-0.2, -0.15) is 0 Å². The van der Waals surface area contributed by atoms with E-state index >= 15 is 0 Å². The maximum Gasteiger partial charge on any atom is 0.320 e. The number of morpholine rings is 1. The molecule has 1 unspecified atom stereocenters. The smallest absolute Gasteiger partial charge is 0.320 e. The number of urea groups is 1. The van der Waals surface area contributed by atoms with Crippen molar-refractivity contribution in [3.05, 3.63) is 0 Å². The summed E-state index contributed by atoms with van der Waals surface area (Å²) in [4.78, 5) is 27.2. The lowest BCUT2D eigenvalue weighted by atomic mass is 10.1. The zero-order chi connectivity index (χ0) is 16.0. The van der Waals surface area contributed by atoms with Crippen LogP contribution in [0.1, 0.15) is 34.1 Å². The molecule has 1 heterocycles. The van der Waals surface area contributed by atoms with Crippen LogP contribution in [0.4, 0.5) is 4.79 Å². The van der Waals surface area contributed by atoms with E-state index in [1.54, 1.807) is 4.90 Å². The molecule has 1 N–H and O–H groups in total. The highest BCUT2D eigenvalue weighted by molar-refractivity contribution is 5.76. The molecule has 0 aromatic heterocycles. The fraction of sp³-hybridized carbons (Fsp3) is 0.867. The zero-order valence-corrected chi connectivity index (χ0v) is 13.5. The Morgan fingerprint density at radius 1 is 1.24 bits per heavy atom. The van der Waals surface area contributed by atoms with Gasteiger partial charge in [0.25, 0.3) is 0 Å². The fourth-order valence-electron chi connectivity index (χ4n) is 2.57. The third-order valence-corrected chi connectivity index (χ3v) is 3.33. The molecule has 0 aromatic rings. The molecule has 1 rings (SSSR count). The Labute approximate surface area is 127 Å². The van der Waals surface area contributed by atoms with Gasteiger partial charge in [-0.05, 0) is 11.8 Å². The lowest BCUT2D eigenvalue weighted by molar-refractivity contribution is -0.139. The molecule has 0 bridgehead atoms. The van der Waals surface area contributed by atoms with Crippen LogP contribution in [0.3, 0.4) is 0 Å². The van der Waals surface area contributed by atoms with Crippen molar-refractivity contribution < 1.29 is 19.4 Å². The van der Waals surface area contributed by atoms with Crippen molar-refractivity contribution in [3.63, 3.8) is 0 Å². The van der Waals surface area contributed by atoms with Gasteiger partial charge in [-0.15, -0.1) is 0 Å². The molecule has 1 aliphatic heterocycles. The lowest BCUT2D eigenvalue weighted by Crippen LogP contribution is -2.55. The highest BCUT2D eigenvalue weighted by Crippen LogP contribution is 2.15. The number of aliphatic carboxylic acids is 1. The van der Waals surface area contributed by atoms with E-state index in [4.69, 9.17) is 9.84 Å². The molecule has 1 fully saturated rings. The van der Waals surface area contributed by atoms with Crippen LogP contribution < -0.4 is 0 Å². The van der Waals surface area contributed by atoms with Crippen LogP contribution in [-0.4, -0.2) is 65.8 Å². The van der Waals surface area contributed by atoms with Gasteiger partial charge in [0.2, 0.25) is 0 Å². The van der Waals surface area contributed by atoms with Crippen LogP contribution in [0.5, 0.6) is 0 Å². The number of nitrogens with zero attached hydrogens (tertiary/aromatic N) is 2. The number of carboxylic acid groups (broad SMARTS) is 1. The Kier molecular flexibility index (Phi) is 6.95. The Balaban J connectivity index is 2.79. The first kappa shape index (κ1) is 17.8. The first-order chi connectivity index (χ1) is 9.81. The SMILES string of the molecule is CC(C)CN(CC(C)C)C(=O)N1CCOCC1CC(=O)O. The number of ether oxygens (including phenoxy) is 1. The van der Waals surface area contributed by atoms with Gasteiger partial charge in [-0.1, -0.05) is 27.7 Å². The molecule has 2 amide bonds. The molecule has 0 aliphatic carbocycles. The van der Waals surface area contributed by atoms with E-state index in [2.05, 4.69) is 27.7 Å². The highest BCUT2D eigenvalue weighted by Gasteiger charge is 2.32. The standard InChI is InChI=1S/C15H28N2O4/c1-11(2)8-16(9-12(3)4)15(20)17-5-6-21-10-13(17)7-14(18)19/h11-13H,5-10H2,1-4H3,(H,18,19). The van der Waals surface area contributed by atoms with E-state index in [1.807, 2.05) is 4.90 Å². The van der Waals surface area contributed by atoms with Crippen molar-refractivity contribution in [2.75, 3.05) is 32.8 Å². The molecular formula is C15H28N2O4. The summed E-state index contributed by atoms with van der Waals surface area (Å²) >= 11 is 0. The number of hydrogen-bond donors (Lipinski definition) is 1. The summed E-state index contributed by atoms with van der Waals surface area (Å²) in [7, 11) is 0. The minimum atomic E-state index is -0.900. The summed E-state index contributed by atoms with van der Waals surface area (Å²) in [6.45, 7) is 10.9. The monoisotopic (exact) mass is 300 g/mol. The molecular weight excluding hydrogens is 272 g/mol. The van der Waals surface area contributed by atoms with Crippen LogP contribution in [-0.2, 0) is 9.53 Å². The quantitative estimate of drug-likeness (QED) is 0.813. The molecule has 0 saturated carbocycles. The van der Waals surface area contributed by atoms with E-state index in [-0.39, 0.29) is 18.5 Å². The van der Waals surface area contributed by atoms with E-state index in [1.165, 1.54) is 0 Å². The van der Waals surface area contributed by atoms with Gasteiger partial charge in [0.15, 0.2) is 0 Å². The molecule has 0 radical (unpaired) electrons. The minimum absolute atomic E-state index is 0.0630. The molecule has 0 aromatic carbocycles. The second kappa shape index (κ2) is 8.22. The number of amides is 2. The lowest BCUT2D eigenvalue weighted by Gasteiger charge is -2.39. The summed E-state index contributed by atoms with van der Waals surface area (Å²) < 4.78 is 5.33. The third-order valence-electron chi connectivity index (χ3n) is 3.33. The summed E-state index contributed by atoms with van der Waals surface area (Å²) in [5.41, 5.74) is 0. The molecule has 122 valence electrons. The normalized spacial score (nSPS) is 19.1. The zero-order valence-electron chi connectivity index (χ0n) is 13.5. The predicted molar refractivity (Wildman–Crippen MR) is 80.2 cm³/mol. The number of rotatable bonds is 6. The molecule has 1 saturated heterocycles. The van der Waals surface area contributed by atoms with E-state index in [9.17, 15) is 9.59 Å². The molecule has 6 heteroatoms. The van der Waals surface area contributed by atoms with Gasteiger partial charge in [0.05, 0.1) is 25.7 Å². The molecule has 1 aliphatic rings. The Bertz CT molecular complexity index is 348. The van der Waals surface area contributed by atoms with Gasteiger partial charge in [0.1, 0.15) is 0 Å². The van der Waals surface area contributed by atoms with Crippen molar-refractivity contribution in [2.45, 2.75) is 40.2 Å². The van der Waals surface area contributed by atoms with Gasteiger partial charge in [-0.25, -0.2) is 4.79 Å². The van der Waals surface area contributed by atoms with E-state index < -0.39 is 5.97 Å². The maximum atomic E-state index is 12.8. The number of carbonyl (C=O) groups excluding carboxylic acids is 1. The van der Waals surface area contributed by atoms with Crippen molar-refractivity contribution >= 4 is 12.0 Å². The first-order valence-corrected chi connectivity index (χ1v) is 7.66. The van der Waals surface area contributed by atoms with Crippen molar-refractivity contribution in [3.8, 4) is 0 Å². The average molecular weight is 300 g/mol. The van der Waals surface area contributed by atoms with E-state index in [0.717, 1.165) is 0 Å². The minimum Gasteiger partial charge on any atom is -0.481 e. The van der Waals surface area contributed by atoms with Crippen LogP contribution in [0, 0.1) is 11.8 Å². The largest absolute Gasteiger partial charge is 0.481 e. The number of carboxylic acids is 1. The fourth-order valence-corrected chi connectivity index (χ4v) is 2.57. The van der Waals surface area contributed by atoms with Crippen molar-refractivity contribution in [2.24, 2.45) is 11.8 Å². The van der Waals surface area contributed by atoms with Crippen LogP contribution in [0.15, 0.2) is 0 Å². The third kappa shape index (κ3) is 5.91. The topological polar surface area (TPSA) is 70.1 Å². The van der Waals surface area contributed by atoms with Crippen LogP contribution in [0.25, 0.3) is 0 Å². The maximum absolute atomic E-state index is 12.8. The molecule has 1 atom stereocenters. The summed E-state index contributed by atoms with van der Waals surface area (Å²) in [6, 6.07) is -0.433. The summed E-state index contributed by atoms with van der Waals surface area (Å²) in [6.07, 6.45) is -0.0665. The Hall–Kier alpha value is -1.30. The van der Waals surface area contributed by atoms with Gasteiger partial charge >= 0.3 is 12.0 Å². The average Bonchev–Trinajstić information content (AvgIpc) is 2.36. The van der Waals surface area contributed by atoms with Crippen LogP contribution in [0.2, 0.25) is 0 Å². The van der Waals surface area contributed by atoms with Crippen LogP contribution >= 0.6 is 0 Å². The predicted octanol–water partition coefficient (Wildman–Crippen LogP) is 1.90. The summed E-state index contributed by atoms with van der Waals surface area (Å²) in [5.74, 6) is -0.138. The molecule has 0 spiro atoms. The Morgan fingerprint density at radius 2 is 1.81 bits per heavy atom. The van der Waals surface area contributed by atoms with Crippen molar-refractivity contribution in [1.29, 1.82) is 0 Å². The number of carbonyl (C=O) groups is 2. The van der Waals surface area contributed by atoms with Gasteiger partial charge < -0.3 is 19.6 Å². The second-order valence-corrected chi connectivity index (χ2v) is 6.50. The summed E-state index contributed by atoms with van der Waals surface area (Å²) in [5, 5.41) is 8.99. The molecule has 6 nitrogen and oxygen atoms in total. The van der Waals surface area contributed by atoms with E-state index in [0.29, 0.717) is 44.7 Å². The van der Waals surface area contributed by atoms with Crippen molar-refractivity contribution in [1.82, 2.24) is 9.80 Å². The molecule has 21 heavy (non-hydrogen) atoms. The Morgan fingerprint density at radius 3 is 2.29 bits per heavy atom. The highest BCUT2D eigenvalue weighted by atomic mass is 16.5. The second-order valence-electron chi connectivity index (χ2n) is 6.50. The van der Waals surface area contributed by atoms with Gasteiger partial charge in [-0.3, -0.25) is 4.79 Å².